The predicted molar refractivity (Wildman–Crippen MR) is 353 cm³/mol. The third-order valence-corrected chi connectivity index (χ3v) is 25.1. The lowest BCUT2D eigenvalue weighted by Gasteiger charge is -2.68. The summed E-state index contributed by atoms with van der Waals surface area (Å²) in [4.78, 5) is 45.9. The first-order valence-electron chi connectivity index (χ1n) is 35.8. The fourth-order valence-corrected chi connectivity index (χ4v) is 20.7. The van der Waals surface area contributed by atoms with E-state index in [2.05, 4.69) is 51.8 Å². The van der Waals surface area contributed by atoms with Crippen LogP contribution < -0.4 is 20.7 Å². The van der Waals surface area contributed by atoms with Crippen molar-refractivity contribution in [3.05, 3.63) is 99.1 Å². The van der Waals surface area contributed by atoms with Crippen LogP contribution in [-0.2, 0) is 43.1 Å². The van der Waals surface area contributed by atoms with Crippen LogP contribution in [0.2, 0.25) is 0 Å². The Bertz CT molecular complexity index is 3490. The molecule has 0 radical (unpaired) electrons. The molecule has 0 saturated heterocycles. The second kappa shape index (κ2) is 26.4. The Kier molecular flexibility index (Phi) is 18.4. The number of phenolic OH excluding ortho intramolecular Hbond substituents is 1. The van der Waals surface area contributed by atoms with E-state index in [1.54, 1.807) is 13.0 Å². The van der Waals surface area contributed by atoms with Gasteiger partial charge in [0.1, 0.15) is 40.7 Å². The van der Waals surface area contributed by atoms with Gasteiger partial charge in [-0.15, -0.1) is 0 Å². The maximum atomic E-state index is 16.4. The third kappa shape index (κ3) is 12.4. The molecule has 7 fully saturated rings. The zero-order chi connectivity index (χ0) is 64.5. The summed E-state index contributed by atoms with van der Waals surface area (Å²) in [6.45, 7) is 2.98. The zero-order valence-corrected chi connectivity index (χ0v) is 54.8. The fraction of sp³-hybridized carbons (Fsp3) is 0.654. The summed E-state index contributed by atoms with van der Waals surface area (Å²) in [6.07, 6.45) is 11.3. The second-order valence-electron chi connectivity index (χ2n) is 31.0. The molecule has 93 heavy (non-hydrogen) atoms. The lowest BCUT2D eigenvalue weighted by Crippen LogP contribution is -2.73. The van der Waals surface area contributed by atoms with Gasteiger partial charge in [-0.1, -0.05) is 86.1 Å². The van der Waals surface area contributed by atoms with Gasteiger partial charge in [-0.2, -0.15) is 0 Å². The van der Waals surface area contributed by atoms with Crippen molar-refractivity contribution in [1.82, 2.24) is 10.6 Å². The number of carbonyl (C=O) groups excluding carboxylic acids is 3. The van der Waals surface area contributed by atoms with E-state index in [9.17, 15) is 30.3 Å². The smallest absolute Gasteiger partial charge is 0.334 e. The Labute approximate surface area is 549 Å². The van der Waals surface area contributed by atoms with Gasteiger partial charge in [0.2, 0.25) is 0 Å². The number of nitrogens with one attached hydrogen (secondary N) is 3. The van der Waals surface area contributed by atoms with Crippen molar-refractivity contribution in [1.29, 1.82) is 0 Å². The molecule has 3 aromatic carbocycles. The van der Waals surface area contributed by atoms with Gasteiger partial charge in [0.25, 0.3) is 0 Å². The van der Waals surface area contributed by atoms with Gasteiger partial charge in [0.05, 0.1) is 42.7 Å². The lowest BCUT2D eigenvalue weighted by atomic mass is 9.38. The first-order chi connectivity index (χ1) is 44.9. The van der Waals surface area contributed by atoms with Crippen LogP contribution in [0.1, 0.15) is 198 Å². The summed E-state index contributed by atoms with van der Waals surface area (Å²) in [5.41, 5.74) is 1.16. The maximum absolute atomic E-state index is 16.4. The number of ketones is 1. The van der Waals surface area contributed by atoms with Crippen molar-refractivity contribution in [2.24, 2.45) is 64.6 Å². The number of benzene rings is 3. The van der Waals surface area contributed by atoms with Gasteiger partial charge in [-0.3, -0.25) is 9.59 Å². The van der Waals surface area contributed by atoms with Crippen LogP contribution in [0.5, 0.6) is 11.5 Å². The van der Waals surface area contributed by atoms with Crippen LogP contribution >= 0.6 is 0 Å². The number of fused-ring (bicyclic) bond motifs is 17. The summed E-state index contributed by atoms with van der Waals surface area (Å²) in [5, 5.41) is 88.1. The molecule has 0 amide bonds. The van der Waals surface area contributed by atoms with Gasteiger partial charge < -0.3 is 60.8 Å². The van der Waals surface area contributed by atoms with E-state index in [0.29, 0.717) is 71.4 Å². The van der Waals surface area contributed by atoms with Crippen molar-refractivity contribution in [3.63, 3.8) is 0 Å². The molecule has 7 saturated carbocycles. The van der Waals surface area contributed by atoms with Crippen molar-refractivity contribution >= 4 is 23.4 Å². The summed E-state index contributed by atoms with van der Waals surface area (Å²) in [6, 6.07) is 15.8. The molecule has 18 unspecified atom stereocenters. The summed E-state index contributed by atoms with van der Waals surface area (Å²) in [7, 11) is 3.96. The third-order valence-electron chi connectivity index (χ3n) is 25.1. The van der Waals surface area contributed by atoms with Gasteiger partial charge >= 0.3 is 11.9 Å². The summed E-state index contributed by atoms with van der Waals surface area (Å²) in [5.74, 6) is 11.4. The monoisotopic (exact) mass is 1270 g/mol. The number of aromatic hydroxyl groups is 1. The molecular weight excluding hydrogens is 1170 g/mol. The Hall–Kier alpha value is -5.59. The highest BCUT2D eigenvalue weighted by atomic mass is 16.6. The minimum absolute atomic E-state index is 0.0157. The number of anilines is 1. The molecular formula is C78H99N3O12. The molecule has 15 heteroatoms. The number of Topliss-reactive ketones (excluding diaryl/α,β-unsaturated/α-hetero) is 1. The standard InChI is InChI=1S/C78H99N3O12/c1-76(89)43-81-57-32-51(30-54(33-57)74(87)77(25-23-47(39-77)40-79-2)24-22-44-16-20-59(21-17-44)91-42-65(76)84)49-18-19-50-38-67(85)93-73-61(50)35-53(72(86)69(73)48-12-5-4-6-13-48)37-66-78(90)63-15-8-7-14-60(63)68-56(41-80-3)31-52-36-64(83)62(70(68)71(52)78)28-46-11-9-10-45(26-46)27-58(82)34-55(29-49)75(88)92-66/h9-11,26,30,32-35,44,47-50,52,56,58-60,62-63,65-66,68,70-71,74,79-82,84,86-87,89-90H,4-8,12-17,20-21,23,25,27-29,31,36-43H2,1-3H3. The van der Waals surface area contributed by atoms with Crippen LogP contribution in [0.3, 0.4) is 0 Å². The number of ether oxygens (including phenoxy) is 3. The number of hydrogen-bond acceptors (Lipinski definition) is 15. The molecule has 15 nitrogen and oxygen atoms in total. The average Bonchev–Trinajstić information content (AvgIpc) is 0.899. The minimum Gasteiger partial charge on any atom is -0.507 e. The van der Waals surface area contributed by atoms with Crippen molar-refractivity contribution < 1.29 is 59.2 Å². The molecule has 498 valence electrons. The highest BCUT2D eigenvalue weighted by molar-refractivity contribution is 5.89. The largest absolute Gasteiger partial charge is 0.507 e. The lowest BCUT2D eigenvalue weighted by molar-refractivity contribution is -0.274. The Balaban J connectivity index is 0.977. The SMILES string of the molecule is CNCC1CCC2(C#CC3CCC(CC3)OCC(O)C(C)(O)CNc3cc(C4C#CC5CC(=O)Oc6c5cc(c(O)c6C5CCCCC5)CC5OC(=O)C(=CC(O)Cc6cccc(c6)CC6C(=O)CC7CC(CNC)C8C9CCCCC9C5(O)C7C68)C4)cc(c3)C2O)C1. The molecule has 5 heterocycles. The molecule has 3 aromatic rings. The quantitative estimate of drug-likeness (QED) is 0.0635. The first-order valence-corrected chi connectivity index (χ1v) is 35.8. The van der Waals surface area contributed by atoms with E-state index in [1.165, 1.54) is 0 Å². The maximum Gasteiger partial charge on any atom is 0.334 e. The Morgan fingerprint density at radius 3 is 2.30 bits per heavy atom. The molecule has 9 N–H and O–H groups in total. The molecule has 0 aromatic heterocycles. The first kappa shape index (κ1) is 64.7. The number of rotatable bonds is 6. The number of carbonyl (C=O) groups is 3. The van der Waals surface area contributed by atoms with Crippen LogP contribution in [0.25, 0.3) is 0 Å². The van der Waals surface area contributed by atoms with Crippen LogP contribution in [-0.4, -0.2) is 124 Å². The van der Waals surface area contributed by atoms with Gasteiger partial charge in [-0.05, 0) is 229 Å². The summed E-state index contributed by atoms with van der Waals surface area (Å²) < 4.78 is 19.9. The van der Waals surface area contributed by atoms with Crippen molar-refractivity contribution in [2.75, 3.05) is 45.7 Å². The highest BCUT2D eigenvalue weighted by Gasteiger charge is 2.70. The topological polar surface area (TPSA) is 236 Å². The summed E-state index contributed by atoms with van der Waals surface area (Å²) >= 11 is 0. The molecule has 12 aliphatic rings. The van der Waals surface area contributed by atoms with Crippen LogP contribution in [0, 0.1) is 88.3 Å². The molecule has 18 atom stereocenters. The van der Waals surface area contributed by atoms with E-state index in [1.807, 2.05) is 50.5 Å². The molecule has 16 bridgehead atoms. The van der Waals surface area contributed by atoms with E-state index >= 15 is 14.7 Å². The number of phenols is 1. The van der Waals surface area contributed by atoms with E-state index in [-0.39, 0.29) is 115 Å². The minimum atomic E-state index is -1.67. The molecule has 1 spiro atoms. The van der Waals surface area contributed by atoms with E-state index in [0.717, 1.165) is 114 Å². The van der Waals surface area contributed by atoms with Gasteiger partial charge in [0, 0.05) is 65.9 Å². The van der Waals surface area contributed by atoms with Crippen LogP contribution in [0.15, 0.2) is 60.2 Å². The van der Waals surface area contributed by atoms with E-state index in [4.69, 9.17) is 14.2 Å². The molecule has 5 aliphatic heterocycles. The predicted octanol–water partition coefficient (Wildman–Crippen LogP) is 9.56. The molecule has 15 rings (SSSR count). The van der Waals surface area contributed by atoms with Gasteiger partial charge in [-0.25, -0.2) is 4.79 Å². The number of hydrogen-bond donors (Lipinski definition) is 9. The van der Waals surface area contributed by atoms with E-state index < -0.39 is 76.6 Å². The number of aliphatic hydroxyl groups excluding tert-OH is 3. The van der Waals surface area contributed by atoms with Crippen LogP contribution in [0.4, 0.5) is 5.69 Å². The van der Waals surface area contributed by atoms with Gasteiger partial charge in [0.15, 0.2) is 0 Å². The Morgan fingerprint density at radius 1 is 0.753 bits per heavy atom. The molecule has 7 aliphatic carbocycles. The Morgan fingerprint density at radius 2 is 1.51 bits per heavy atom. The normalized spacial score (nSPS) is 39.3. The zero-order valence-electron chi connectivity index (χ0n) is 54.8. The average molecular weight is 1270 g/mol. The second-order valence-corrected chi connectivity index (χ2v) is 31.0. The number of esters is 2. The number of aliphatic hydroxyl groups is 5. The fourth-order valence-electron chi connectivity index (χ4n) is 20.7. The van der Waals surface area contributed by atoms with Crippen molar-refractivity contribution in [2.45, 2.75) is 214 Å². The highest BCUT2D eigenvalue weighted by Crippen LogP contribution is 2.68. The van der Waals surface area contributed by atoms with Crippen molar-refractivity contribution in [3.8, 4) is 35.2 Å².